The van der Waals surface area contributed by atoms with E-state index in [1.165, 1.54) is 12.0 Å². The number of hydrogen-bond donors (Lipinski definition) is 2. The fourth-order valence-electron chi connectivity index (χ4n) is 1.57. The Morgan fingerprint density at radius 1 is 1.35 bits per heavy atom. The van der Waals surface area contributed by atoms with E-state index in [0.29, 0.717) is 11.9 Å². The average molecular weight is 233 g/mol. The number of guanidine groups is 1. The van der Waals surface area contributed by atoms with Gasteiger partial charge in [-0.05, 0) is 12.0 Å². The van der Waals surface area contributed by atoms with E-state index in [-0.39, 0.29) is 0 Å². The first kappa shape index (κ1) is 13.6. The van der Waals surface area contributed by atoms with Crippen molar-refractivity contribution >= 4 is 5.96 Å². The summed E-state index contributed by atoms with van der Waals surface area (Å²) in [4.78, 5) is 4.36. The normalized spacial score (nSPS) is 13.4. The van der Waals surface area contributed by atoms with E-state index < -0.39 is 0 Å². The molecule has 17 heavy (non-hydrogen) atoms. The number of hydrogen-bond acceptors (Lipinski definition) is 1. The lowest BCUT2D eigenvalue weighted by Gasteiger charge is -2.10. The van der Waals surface area contributed by atoms with Crippen molar-refractivity contribution in [2.24, 2.45) is 10.7 Å². The van der Waals surface area contributed by atoms with Crippen molar-refractivity contribution in [1.29, 1.82) is 0 Å². The van der Waals surface area contributed by atoms with Gasteiger partial charge in [0.25, 0.3) is 0 Å². The van der Waals surface area contributed by atoms with Gasteiger partial charge in [0.1, 0.15) is 0 Å². The van der Waals surface area contributed by atoms with Crippen LogP contribution in [0.2, 0.25) is 0 Å². The first-order valence-electron chi connectivity index (χ1n) is 6.32. The molecule has 0 aliphatic carbocycles. The Morgan fingerprint density at radius 3 is 2.71 bits per heavy atom. The third kappa shape index (κ3) is 5.38. The fraction of sp³-hybridized carbons (Fsp3) is 0.500. The molecule has 0 saturated carbocycles. The van der Waals surface area contributed by atoms with Gasteiger partial charge in [0.15, 0.2) is 5.96 Å². The van der Waals surface area contributed by atoms with Crippen LogP contribution >= 0.6 is 0 Å². The zero-order valence-electron chi connectivity index (χ0n) is 10.8. The summed E-state index contributed by atoms with van der Waals surface area (Å²) in [6, 6.07) is 10.4. The summed E-state index contributed by atoms with van der Waals surface area (Å²) >= 11 is 0. The molecule has 1 aromatic carbocycles. The second kappa shape index (κ2) is 7.71. The van der Waals surface area contributed by atoms with Gasteiger partial charge in [-0.25, -0.2) is 0 Å². The largest absolute Gasteiger partial charge is 0.370 e. The summed E-state index contributed by atoms with van der Waals surface area (Å²) in [6.07, 6.45) is 2.30. The van der Waals surface area contributed by atoms with Crippen molar-refractivity contribution in [2.75, 3.05) is 13.1 Å². The number of unbranched alkanes of at least 4 members (excludes halogenated alkanes) is 1. The molecule has 3 heteroatoms. The number of aliphatic imine (C=N–C) groups is 1. The highest BCUT2D eigenvalue weighted by Gasteiger charge is 2.03. The maximum atomic E-state index is 5.78. The summed E-state index contributed by atoms with van der Waals surface area (Å²) in [6.45, 7) is 5.96. The van der Waals surface area contributed by atoms with E-state index in [4.69, 9.17) is 5.73 Å². The molecule has 0 bridgehead atoms. The lowest BCUT2D eigenvalue weighted by atomic mass is 10.0. The third-order valence-corrected chi connectivity index (χ3v) is 2.74. The monoisotopic (exact) mass is 233 g/mol. The van der Waals surface area contributed by atoms with Gasteiger partial charge >= 0.3 is 0 Å². The molecule has 0 aromatic heterocycles. The summed E-state index contributed by atoms with van der Waals surface area (Å²) in [5, 5.41) is 3.12. The molecule has 1 rings (SSSR count). The molecule has 0 amide bonds. The molecule has 1 atom stereocenters. The Kier molecular flexibility index (Phi) is 6.15. The Hall–Kier alpha value is -1.51. The van der Waals surface area contributed by atoms with Crippen LogP contribution < -0.4 is 11.1 Å². The molecule has 3 N–H and O–H groups in total. The molecule has 0 aliphatic rings. The second-order valence-electron chi connectivity index (χ2n) is 4.32. The van der Waals surface area contributed by atoms with Crippen LogP contribution in [0.5, 0.6) is 0 Å². The minimum atomic E-state index is 0.405. The molecule has 1 aromatic rings. The highest BCUT2D eigenvalue weighted by Crippen LogP contribution is 2.14. The maximum absolute atomic E-state index is 5.78. The van der Waals surface area contributed by atoms with Crippen molar-refractivity contribution in [3.63, 3.8) is 0 Å². The number of nitrogens with zero attached hydrogens (tertiary/aromatic N) is 1. The van der Waals surface area contributed by atoms with Crippen LogP contribution in [0.4, 0.5) is 0 Å². The first-order valence-corrected chi connectivity index (χ1v) is 6.32. The molecule has 3 nitrogen and oxygen atoms in total. The molecule has 0 aliphatic heterocycles. The predicted molar refractivity (Wildman–Crippen MR) is 74.3 cm³/mol. The number of nitrogens with one attached hydrogen (secondary N) is 1. The second-order valence-corrected chi connectivity index (χ2v) is 4.32. The SMILES string of the molecule is CCCCNC(N)=NCC(C)c1ccccc1. The lowest BCUT2D eigenvalue weighted by Crippen LogP contribution is -2.32. The molecule has 0 fully saturated rings. The zero-order valence-corrected chi connectivity index (χ0v) is 10.8. The first-order chi connectivity index (χ1) is 8.24. The highest BCUT2D eigenvalue weighted by atomic mass is 15.1. The molecule has 1 unspecified atom stereocenters. The molecular formula is C14H23N3. The average Bonchev–Trinajstić information content (AvgIpc) is 2.37. The topological polar surface area (TPSA) is 50.4 Å². The Bertz CT molecular complexity index is 333. The van der Waals surface area contributed by atoms with Gasteiger partial charge < -0.3 is 11.1 Å². The smallest absolute Gasteiger partial charge is 0.188 e. The molecular weight excluding hydrogens is 210 g/mol. The van der Waals surface area contributed by atoms with E-state index in [9.17, 15) is 0 Å². The quantitative estimate of drug-likeness (QED) is 0.450. The van der Waals surface area contributed by atoms with Crippen LogP contribution in [0.15, 0.2) is 35.3 Å². The van der Waals surface area contributed by atoms with E-state index >= 15 is 0 Å². The van der Waals surface area contributed by atoms with Crippen LogP contribution in [0.25, 0.3) is 0 Å². The molecule has 0 radical (unpaired) electrons. The number of nitrogens with two attached hydrogens (primary N) is 1. The molecule has 0 saturated heterocycles. The van der Waals surface area contributed by atoms with Crippen LogP contribution in [0.1, 0.15) is 38.2 Å². The number of rotatable bonds is 6. The van der Waals surface area contributed by atoms with E-state index in [1.54, 1.807) is 0 Å². The molecule has 94 valence electrons. The van der Waals surface area contributed by atoms with Gasteiger partial charge in [0.2, 0.25) is 0 Å². The van der Waals surface area contributed by atoms with Crippen molar-refractivity contribution in [1.82, 2.24) is 5.32 Å². The Balaban J connectivity index is 2.36. The van der Waals surface area contributed by atoms with Gasteiger partial charge in [-0.1, -0.05) is 50.6 Å². The maximum Gasteiger partial charge on any atom is 0.188 e. The third-order valence-electron chi connectivity index (χ3n) is 2.74. The van der Waals surface area contributed by atoms with Gasteiger partial charge in [-0.15, -0.1) is 0 Å². The zero-order chi connectivity index (χ0) is 12.5. The van der Waals surface area contributed by atoms with Crippen LogP contribution in [-0.2, 0) is 0 Å². The summed E-state index contributed by atoms with van der Waals surface area (Å²) in [5.41, 5.74) is 7.08. The molecule has 0 heterocycles. The minimum absolute atomic E-state index is 0.405. The van der Waals surface area contributed by atoms with Crippen LogP contribution in [-0.4, -0.2) is 19.0 Å². The van der Waals surface area contributed by atoms with Crippen molar-refractivity contribution in [2.45, 2.75) is 32.6 Å². The van der Waals surface area contributed by atoms with Crippen LogP contribution in [0, 0.1) is 0 Å². The van der Waals surface area contributed by atoms with Gasteiger partial charge in [-0.2, -0.15) is 0 Å². The molecule has 0 spiro atoms. The highest BCUT2D eigenvalue weighted by molar-refractivity contribution is 5.77. The van der Waals surface area contributed by atoms with E-state index in [2.05, 4.69) is 48.4 Å². The van der Waals surface area contributed by atoms with Crippen molar-refractivity contribution in [3.8, 4) is 0 Å². The fourth-order valence-corrected chi connectivity index (χ4v) is 1.57. The Labute approximate surface area is 104 Å². The summed E-state index contributed by atoms with van der Waals surface area (Å²) < 4.78 is 0. The van der Waals surface area contributed by atoms with Gasteiger partial charge in [0, 0.05) is 19.0 Å². The van der Waals surface area contributed by atoms with Crippen molar-refractivity contribution < 1.29 is 0 Å². The standard InChI is InChI=1S/C14H23N3/c1-3-4-10-16-14(15)17-11-12(2)13-8-6-5-7-9-13/h5-9,12H,3-4,10-11H2,1-2H3,(H3,15,16,17). The van der Waals surface area contributed by atoms with Gasteiger partial charge in [-0.3, -0.25) is 4.99 Å². The summed E-state index contributed by atoms with van der Waals surface area (Å²) in [7, 11) is 0. The summed E-state index contributed by atoms with van der Waals surface area (Å²) in [5.74, 6) is 0.962. The van der Waals surface area contributed by atoms with Gasteiger partial charge in [0.05, 0.1) is 0 Å². The number of benzene rings is 1. The van der Waals surface area contributed by atoms with E-state index in [1.807, 2.05) is 6.07 Å². The van der Waals surface area contributed by atoms with E-state index in [0.717, 1.165) is 19.5 Å². The minimum Gasteiger partial charge on any atom is -0.370 e. The predicted octanol–water partition coefficient (Wildman–Crippen LogP) is 2.49. The van der Waals surface area contributed by atoms with Crippen LogP contribution in [0.3, 0.4) is 0 Å². The Morgan fingerprint density at radius 2 is 2.06 bits per heavy atom. The lowest BCUT2D eigenvalue weighted by molar-refractivity contribution is 0.734. The van der Waals surface area contributed by atoms with Crippen molar-refractivity contribution in [3.05, 3.63) is 35.9 Å².